The van der Waals surface area contributed by atoms with Crippen LogP contribution >= 0.6 is 0 Å². The number of carbonyl (C=O) groups excluding carboxylic acids is 2. The first kappa shape index (κ1) is 16.3. The lowest BCUT2D eigenvalue weighted by molar-refractivity contribution is -0.127. The molecule has 0 aliphatic carbocycles. The fourth-order valence-corrected chi connectivity index (χ4v) is 1.89. The van der Waals surface area contributed by atoms with Crippen LogP contribution in [0.2, 0.25) is 0 Å². The van der Waals surface area contributed by atoms with Gasteiger partial charge in [-0.2, -0.15) is 0 Å². The quantitative estimate of drug-likeness (QED) is 0.373. The van der Waals surface area contributed by atoms with E-state index < -0.39 is 0 Å². The predicted molar refractivity (Wildman–Crippen MR) is 72.1 cm³/mol. The van der Waals surface area contributed by atoms with Crippen molar-refractivity contribution in [3.63, 3.8) is 0 Å². The van der Waals surface area contributed by atoms with Gasteiger partial charge in [-0.3, -0.25) is 9.59 Å². The van der Waals surface area contributed by atoms with Gasteiger partial charge in [0.15, 0.2) is 0 Å². The molecule has 0 saturated carbocycles. The monoisotopic (exact) mass is 240 g/mol. The van der Waals surface area contributed by atoms with Crippen LogP contribution in [0.15, 0.2) is 0 Å². The molecule has 0 fully saturated rings. The minimum atomic E-state index is 0.140. The molecule has 0 aliphatic heterocycles. The molecule has 0 bridgehead atoms. The fourth-order valence-electron chi connectivity index (χ4n) is 1.89. The van der Waals surface area contributed by atoms with Gasteiger partial charge in [0.25, 0.3) is 0 Å². The van der Waals surface area contributed by atoms with Gasteiger partial charge in [-0.25, -0.2) is 0 Å². The smallest absolute Gasteiger partial charge is 0.140 e. The van der Waals surface area contributed by atoms with Crippen molar-refractivity contribution in [1.82, 2.24) is 0 Å². The van der Waals surface area contributed by atoms with Crippen molar-refractivity contribution in [3.05, 3.63) is 0 Å². The molecular formula is C15H28O2. The number of hydrogen-bond donors (Lipinski definition) is 0. The Morgan fingerprint density at radius 2 is 1.06 bits per heavy atom. The van der Waals surface area contributed by atoms with E-state index in [2.05, 4.69) is 13.8 Å². The van der Waals surface area contributed by atoms with Gasteiger partial charge in [0.2, 0.25) is 0 Å². The zero-order chi connectivity index (χ0) is 12.9. The summed E-state index contributed by atoms with van der Waals surface area (Å²) < 4.78 is 0. The second kappa shape index (κ2) is 11.8. The van der Waals surface area contributed by atoms with Crippen molar-refractivity contribution in [2.24, 2.45) is 0 Å². The Kier molecular flexibility index (Phi) is 11.4. The van der Waals surface area contributed by atoms with E-state index in [9.17, 15) is 9.59 Å². The number of hydrogen-bond acceptors (Lipinski definition) is 2. The van der Waals surface area contributed by atoms with Gasteiger partial charge in [0.1, 0.15) is 11.6 Å². The Hall–Kier alpha value is -0.660. The first-order valence-electron chi connectivity index (χ1n) is 7.24. The van der Waals surface area contributed by atoms with Crippen molar-refractivity contribution in [3.8, 4) is 0 Å². The maximum absolute atomic E-state index is 11.5. The Morgan fingerprint density at radius 3 is 1.41 bits per heavy atom. The molecule has 0 aliphatic rings. The molecule has 0 heterocycles. The molecule has 0 saturated heterocycles. The summed E-state index contributed by atoms with van der Waals surface area (Å²) in [5.74, 6) is 0.281. The lowest BCUT2D eigenvalue weighted by Crippen LogP contribution is -2.07. The Balaban J connectivity index is 3.42. The number of ketones is 2. The summed E-state index contributed by atoms with van der Waals surface area (Å²) in [6.45, 7) is 4.31. The van der Waals surface area contributed by atoms with Crippen LogP contribution in [0.5, 0.6) is 0 Å². The highest BCUT2D eigenvalue weighted by molar-refractivity contribution is 5.98. The van der Waals surface area contributed by atoms with Crippen molar-refractivity contribution in [1.29, 1.82) is 0 Å². The summed E-state index contributed by atoms with van der Waals surface area (Å²) in [7, 11) is 0. The van der Waals surface area contributed by atoms with Crippen molar-refractivity contribution in [2.75, 3.05) is 0 Å². The predicted octanol–water partition coefficient (Wildman–Crippen LogP) is 4.46. The summed E-state index contributed by atoms with van der Waals surface area (Å²) in [5, 5.41) is 0. The molecular weight excluding hydrogens is 212 g/mol. The van der Waals surface area contributed by atoms with Crippen LogP contribution in [-0.2, 0) is 9.59 Å². The Bertz CT molecular complexity index is 187. The average Bonchev–Trinajstić information content (AvgIpc) is 2.30. The third-order valence-corrected chi connectivity index (χ3v) is 3.01. The minimum absolute atomic E-state index is 0.140. The van der Waals surface area contributed by atoms with E-state index >= 15 is 0 Å². The average molecular weight is 240 g/mol. The van der Waals surface area contributed by atoms with E-state index in [0.717, 1.165) is 25.7 Å². The molecule has 0 rings (SSSR count). The standard InChI is InChI=1S/C15H28O2/c1-3-5-7-9-11-14(16)13-15(17)12-10-8-6-4-2/h3-13H2,1-2H3. The highest BCUT2D eigenvalue weighted by Crippen LogP contribution is 2.08. The lowest BCUT2D eigenvalue weighted by atomic mass is 10.0. The topological polar surface area (TPSA) is 34.1 Å². The first-order chi connectivity index (χ1) is 8.20. The second-order valence-electron chi connectivity index (χ2n) is 4.88. The van der Waals surface area contributed by atoms with Gasteiger partial charge in [0.05, 0.1) is 6.42 Å². The maximum Gasteiger partial charge on any atom is 0.140 e. The van der Waals surface area contributed by atoms with Crippen molar-refractivity contribution in [2.45, 2.75) is 84.5 Å². The van der Waals surface area contributed by atoms with Crippen LogP contribution in [0.25, 0.3) is 0 Å². The molecule has 2 heteroatoms. The van der Waals surface area contributed by atoms with Crippen molar-refractivity contribution >= 4 is 11.6 Å². The highest BCUT2D eigenvalue weighted by atomic mass is 16.1. The number of Topliss-reactive ketones (excluding diaryl/α,β-unsaturated/α-hetero) is 2. The van der Waals surface area contributed by atoms with Crippen molar-refractivity contribution < 1.29 is 9.59 Å². The Morgan fingerprint density at radius 1 is 0.647 bits per heavy atom. The van der Waals surface area contributed by atoms with Crippen LogP contribution in [0, 0.1) is 0 Å². The summed E-state index contributed by atoms with van der Waals surface area (Å²) in [6.07, 6.45) is 10.3. The molecule has 2 nitrogen and oxygen atoms in total. The van der Waals surface area contributed by atoms with Gasteiger partial charge in [-0.05, 0) is 12.8 Å². The third-order valence-electron chi connectivity index (χ3n) is 3.01. The number of unbranched alkanes of at least 4 members (excludes halogenated alkanes) is 6. The zero-order valence-electron chi connectivity index (χ0n) is 11.6. The molecule has 17 heavy (non-hydrogen) atoms. The molecule has 0 aromatic heterocycles. The molecule has 100 valence electrons. The summed E-state index contributed by atoms with van der Waals surface area (Å²) in [6, 6.07) is 0. The number of carbonyl (C=O) groups is 2. The van der Waals surface area contributed by atoms with E-state index in [0.29, 0.717) is 12.8 Å². The SMILES string of the molecule is CCCCCCC(=O)CC(=O)CCCCCC. The van der Waals surface area contributed by atoms with E-state index in [1.54, 1.807) is 0 Å². The van der Waals surface area contributed by atoms with Gasteiger partial charge in [-0.1, -0.05) is 52.4 Å². The maximum atomic E-state index is 11.5. The van der Waals surface area contributed by atoms with E-state index in [4.69, 9.17) is 0 Å². The van der Waals surface area contributed by atoms with Crippen LogP contribution in [0.4, 0.5) is 0 Å². The summed E-state index contributed by atoms with van der Waals surface area (Å²) >= 11 is 0. The molecule has 0 spiro atoms. The van der Waals surface area contributed by atoms with Gasteiger partial charge in [-0.15, -0.1) is 0 Å². The summed E-state index contributed by atoms with van der Waals surface area (Å²) in [4.78, 5) is 23.0. The van der Waals surface area contributed by atoms with E-state index in [-0.39, 0.29) is 18.0 Å². The lowest BCUT2D eigenvalue weighted by Gasteiger charge is -2.01. The van der Waals surface area contributed by atoms with Gasteiger partial charge < -0.3 is 0 Å². The second-order valence-corrected chi connectivity index (χ2v) is 4.88. The number of rotatable bonds is 12. The molecule has 0 unspecified atom stereocenters. The molecule has 0 aromatic carbocycles. The summed E-state index contributed by atoms with van der Waals surface area (Å²) in [5.41, 5.74) is 0. The molecule has 0 N–H and O–H groups in total. The van der Waals surface area contributed by atoms with Gasteiger partial charge in [0, 0.05) is 12.8 Å². The van der Waals surface area contributed by atoms with E-state index in [1.165, 1.54) is 25.7 Å². The highest BCUT2D eigenvalue weighted by Gasteiger charge is 2.08. The van der Waals surface area contributed by atoms with Crippen LogP contribution in [-0.4, -0.2) is 11.6 Å². The molecule has 0 amide bonds. The van der Waals surface area contributed by atoms with Crippen LogP contribution < -0.4 is 0 Å². The first-order valence-corrected chi connectivity index (χ1v) is 7.24. The van der Waals surface area contributed by atoms with Gasteiger partial charge >= 0.3 is 0 Å². The van der Waals surface area contributed by atoms with E-state index in [1.807, 2.05) is 0 Å². The molecule has 0 radical (unpaired) electrons. The Labute approximate surface area is 106 Å². The normalized spacial score (nSPS) is 10.5. The fraction of sp³-hybridized carbons (Fsp3) is 0.867. The zero-order valence-corrected chi connectivity index (χ0v) is 11.6. The van der Waals surface area contributed by atoms with Crippen LogP contribution in [0.3, 0.4) is 0 Å². The molecule has 0 aromatic rings. The third kappa shape index (κ3) is 11.6. The molecule has 0 atom stereocenters. The largest absolute Gasteiger partial charge is 0.299 e. The van der Waals surface area contributed by atoms with Crippen LogP contribution in [0.1, 0.15) is 84.5 Å². The minimum Gasteiger partial charge on any atom is -0.299 e.